The summed E-state index contributed by atoms with van der Waals surface area (Å²) in [5.74, 6) is 0.839. The normalized spacial score (nSPS) is 10.8. The zero-order valence-corrected chi connectivity index (χ0v) is 16.2. The van der Waals surface area contributed by atoms with Crippen LogP contribution in [0.4, 0.5) is 0 Å². The molecule has 28 heavy (non-hydrogen) atoms. The molecular weight excluding hydrogens is 370 g/mol. The molecule has 2 aromatic heterocycles. The number of hydrogen-bond donors (Lipinski definition) is 1. The lowest BCUT2D eigenvalue weighted by Gasteiger charge is -2.04. The number of amides is 1. The Morgan fingerprint density at radius 1 is 1.00 bits per heavy atom. The van der Waals surface area contributed by atoms with Crippen LogP contribution < -0.4 is 5.32 Å². The van der Waals surface area contributed by atoms with Gasteiger partial charge in [0, 0.05) is 12.1 Å². The van der Waals surface area contributed by atoms with Crippen LogP contribution in [0.2, 0.25) is 0 Å². The lowest BCUT2D eigenvalue weighted by atomic mass is 10.1. The highest BCUT2D eigenvalue weighted by molar-refractivity contribution is 7.17. The maximum atomic E-state index is 12.4. The predicted molar refractivity (Wildman–Crippen MR) is 110 cm³/mol. The van der Waals surface area contributed by atoms with Gasteiger partial charge in [-0.2, -0.15) is 4.98 Å². The Balaban J connectivity index is 1.42. The highest BCUT2D eigenvalue weighted by Crippen LogP contribution is 2.28. The SMILES string of the molecule is CCc1ccc(CNC(=O)c2ccc(-c3noc(-c4ccccc4)n3)s2)cc1. The van der Waals surface area contributed by atoms with Gasteiger partial charge in [-0.25, -0.2) is 0 Å². The zero-order valence-electron chi connectivity index (χ0n) is 15.4. The van der Waals surface area contributed by atoms with Gasteiger partial charge in [0.1, 0.15) is 0 Å². The summed E-state index contributed by atoms with van der Waals surface area (Å²) < 4.78 is 5.34. The molecule has 0 radical (unpaired) electrons. The minimum Gasteiger partial charge on any atom is -0.347 e. The van der Waals surface area contributed by atoms with Crippen molar-refractivity contribution in [2.24, 2.45) is 0 Å². The molecule has 0 aliphatic rings. The van der Waals surface area contributed by atoms with Crippen LogP contribution in [-0.4, -0.2) is 16.0 Å². The van der Waals surface area contributed by atoms with Gasteiger partial charge in [0.25, 0.3) is 11.8 Å². The quantitative estimate of drug-likeness (QED) is 0.506. The molecule has 5 nitrogen and oxygen atoms in total. The van der Waals surface area contributed by atoms with Crippen molar-refractivity contribution in [1.29, 1.82) is 0 Å². The third-order valence-electron chi connectivity index (χ3n) is 4.38. The molecule has 6 heteroatoms. The first-order valence-corrected chi connectivity index (χ1v) is 9.90. The zero-order chi connectivity index (χ0) is 19.3. The Morgan fingerprint density at radius 2 is 1.75 bits per heavy atom. The molecule has 0 aliphatic carbocycles. The number of nitrogens with one attached hydrogen (secondary N) is 1. The second-order valence-electron chi connectivity index (χ2n) is 6.31. The number of carbonyl (C=O) groups is 1. The van der Waals surface area contributed by atoms with Crippen molar-refractivity contribution in [2.45, 2.75) is 19.9 Å². The smallest absolute Gasteiger partial charge is 0.261 e. The van der Waals surface area contributed by atoms with E-state index in [9.17, 15) is 4.79 Å². The van der Waals surface area contributed by atoms with E-state index in [1.54, 1.807) is 6.07 Å². The van der Waals surface area contributed by atoms with E-state index >= 15 is 0 Å². The van der Waals surface area contributed by atoms with Gasteiger partial charge in [-0.1, -0.05) is 54.5 Å². The maximum Gasteiger partial charge on any atom is 0.261 e. The van der Waals surface area contributed by atoms with Crippen LogP contribution in [0.1, 0.15) is 27.7 Å². The van der Waals surface area contributed by atoms with Crippen molar-refractivity contribution in [3.8, 4) is 22.2 Å². The minimum atomic E-state index is -0.109. The van der Waals surface area contributed by atoms with Crippen LogP contribution >= 0.6 is 11.3 Å². The van der Waals surface area contributed by atoms with Crippen LogP contribution in [0.15, 0.2) is 71.3 Å². The Kier molecular flexibility index (Phi) is 5.30. The summed E-state index contributed by atoms with van der Waals surface area (Å²) in [5.41, 5.74) is 3.23. The molecule has 0 unspecified atom stereocenters. The van der Waals surface area contributed by atoms with Crippen LogP contribution in [0.5, 0.6) is 0 Å². The summed E-state index contributed by atoms with van der Waals surface area (Å²) in [5, 5.41) is 6.99. The van der Waals surface area contributed by atoms with E-state index in [-0.39, 0.29) is 5.91 Å². The Labute approximate surface area is 167 Å². The van der Waals surface area contributed by atoms with Crippen molar-refractivity contribution < 1.29 is 9.32 Å². The van der Waals surface area contributed by atoms with Crippen LogP contribution in [0.3, 0.4) is 0 Å². The fourth-order valence-electron chi connectivity index (χ4n) is 2.76. The van der Waals surface area contributed by atoms with Crippen LogP contribution in [-0.2, 0) is 13.0 Å². The molecule has 2 heterocycles. The topological polar surface area (TPSA) is 68.0 Å². The molecule has 0 fully saturated rings. The van der Waals surface area contributed by atoms with Crippen molar-refractivity contribution in [3.63, 3.8) is 0 Å². The molecular formula is C22H19N3O2S. The number of nitrogens with zero attached hydrogens (tertiary/aromatic N) is 2. The van der Waals surface area contributed by atoms with E-state index in [4.69, 9.17) is 4.52 Å². The standard InChI is InChI=1S/C22H19N3O2S/c1-2-15-8-10-16(11-9-15)14-23-21(26)19-13-12-18(28-19)20-24-22(27-25-20)17-6-4-3-5-7-17/h3-13H,2,14H2,1H3,(H,23,26). The summed E-state index contributed by atoms with van der Waals surface area (Å²) in [4.78, 5) is 18.3. The highest BCUT2D eigenvalue weighted by Gasteiger charge is 2.15. The summed E-state index contributed by atoms with van der Waals surface area (Å²) in [7, 11) is 0. The van der Waals surface area contributed by atoms with Crippen molar-refractivity contribution in [3.05, 3.63) is 82.7 Å². The maximum absolute atomic E-state index is 12.4. The minimum absolute atomic E-state index is 0.109. The molecule has 1 amide bonds. The fraction of sp³-hybridized carbons (Fsp3) is 0.136. The first-order valence-electron chi connectivity index (χ1n) is 9.08. The summed E-state index contributed by atoms with van der Waals surface area (Å²) in [6, 6.07) is 21.5. The van der Waals surface area contributed by atoms with E-state index in [1.165, 1.54) is 16.9 Å². The first-order chi connectivity index (χ1) is 13.7. The highest BCUT2D eigenvalue weighted by atomic mass is 32.1. The van der Waals surface area contributed by atoms with Crippen LogP contribution in [0.25, 0.3) is 22.2 Å². The largest absolute Gasteiger partial charge is 0.347 e. The second-order valence-corrected chi connectivity index (χ2v) is 7.39. The average Bonchev–Trinajstić information content (AvgIpc) is 3.43. The number of aromatic nitrogens is 2. The molecule has 0 aliphatic heterocycles. The van der Waals surface area contributed by atoms with Gasteiger partial charge in [-0.05, 0) is 41.8 Å². The molecule has 4 aromatic rings. The Bertz CT molecular complexity index is 1070. The monoisotopic (exact) mass is 389 g/mol. The summed E-state index contributed by atoms with van der Waals surface area (Å²) in [6.45, 7) is 2.62. The summed E-state index contributed by atoms with van der Waals surface area (Å²) >= 11 is 1.35. The molecule has 0 saturated carbocycles. The lowest BCUT2D eigenvalue weighted by Crippen LogP contribution is -2.21. The van der Waals surface area contributed by atoms with Gasteiger partial charge in [-0.3, -0.25) is 4.79 Å². The number of rotatable bonds is 6. The Morgan fingerprint density at radius 3 is 2.50 bits per heavy atom. The van der Waals surface area contributed by atoms with E-state index in [2.05, 4.69) is 34.5 Å². The second kappa shape index (κ2) is 8.19. The van der Waals surface area contributed by atoms with Gasteiger partial charge in [0.2, 0.25) is 5.82 Å². The summed E-state index contributed by atoms with van der Waals surface area (Å²) in [6.07, 6.45) is 1.01. The molecule has 0 atom stereocenters. The van der Waals surface area contributed by atoms with Crippen molar-refractivity contribution in [2.75, 3.05) is 0 Å². The molecule has 1 N–H and O–H groups in total. The van der Waals surface area contributed by atoms with Gasteiger partial charge >= 0.3 is 0 Å². The molecule has 0 spiro atoms. The fourth-order valence-corrected chi connectivity index (χ4v) is 3.61. The third-order valence-corrected chi connectivity index (χ3v) is 5.46. The van der Waals surface area contributed by atoms with E-state index in [0.29, 0.717) is 23.1 Å². The van der Waals surface area contributed by atoms with E-state index in [1.807, 2.05) is 48.5 Å². The molecule has 0 bridgehead atoms. The molecule has 140 valence electrons. The third kappa shape index (κ3) is 4.02. The lowest BCUT2D eigenvalue weighted by molar-refractivity contribution is 0.0955. The number of carbonyl (C=O) groups excluding carboxylic acids is 1. The average molecular weight is 389 g/mol. The van der Waals surface area contributed by atoms with Crippen molar-refractivity contribution in [1.82, 2.24) is 15.5 Å². The van der Waals surface area contributed by atoms with Gasteiger partial charge in [-0.15, -0.1) is 11.3 Å². The van der Waals surface area contributed by atoms with Gasteiger partial charge < -0.3 is 9.84 Å². The number of thiophene rings is 1. The van der Waals surface area contributed by atoms with Crippen molar-refractivity contribution >= 4 is 17.2 Å². The number of hydrogen-bond acceptors (Lipinski definition) is 5. The number of benzene rings is 2. The predicted octanol–water partition coefficient (Wildman–Crippen LogP) is 4.96. The molecule has 2 aromatic carbocycles. The van der Waals surface area contributed by atoms with E-state index in [0.717, 1.165) is 22.4 Å². The van der Waals surface area contributed by atoms with E-state index < -0.39 is 0 Å². The molecule has 4 rings (SSSR count). The Hall–Kier alpha value is -3.25. The van der Waals surface area contributed by atoms with Gasteiger partial charge in [0.05, 0.1) is 9.75 Å². The first kappa shape index (κ1) is 18.1. The van der Waals surface area contributed by atoms with Gasteiger partial charge in [0.15, 0.2) is 0 Å². The van der Waals surface area contributed by atoms with Crippen LogP contribution in [0, 0.1) is 0 Å². The number of aryl methyl sites for hydroxylation is 1. The molecule has 0 saturated heterocycles.